The summed E-state index contributed by atoms with van der Waals surface area (Å²) in [6, 6.07) is 0. The number of nitrogens with zero attached hydrogens (tertiary/aromatic N) is 5. The van der Waals surface area contributed by atoms with E-state index in [9.17, 15) is 4.79 Å². The average molecular weight is 319 g/mol. The zero-order valence-corrected chi connectivity index (χ0v) is 14.2. The molecule has 0 aromatic carbocycles. The van der Waals surface area contributed by atoms with Crippen LogP contribution in [-0.4, -0.2) is 71.7 Å². The highest BCUT2D eigenvalue weighted by Gasteiger charge is 2.46. The van der Waals surface area contributed by atoms with Gasteiger partial charge in [0.05, 0.1) is 6.54 Å². The molecule has 0 unspecified atom stereocenters. The molecule has 1 aromatic rings. The van der Waals surface area contributed by atoms with Crippen LogP contribution in [0.5, 0.6) is 0 Å². The lowest BCUT2D eigenvalue weighted by Gasteiger charge is -2.37. The Hall–Kier alpha value is -1.89. The lowest BCUT2D eigenvalue weighted by Crippen LogP contribution is -2.46. The van der Waals surface area contributed by atoms with Crippen LogP contribution in [0.15, 0.2) is 12.4 Å². The number of amides is 1. The van der Waals surface area contributed by atoms with Crippen LogP contribution in [0.3, 0.4) is 0 Å². The molecule has 2 aliphatic heterocycles. The molecule has 0 saturated carbocycles. The largest absolute Gasteiger partial charge is 0.441 e. The molecule has 0 atom stereocenters. The third-order valence-corrected chi connectivity index (χ3v) is 4.69. The molecule has 7 nitrogen and oxygen atoms in total. The summed E-state index contributed by atoms with van der Waals surface area (Å²) in [6.07, 6.45) is 5.41. The van der Waals surface area contributed by atoms with E-state index in [4.69, 9.17) is 4.74 Å². The van der Waals surface area contributed by atoms with Gasteiger partial charge in [-0.1, -0.05) is 0 Å². The van der Waals surface area contributed by atoms with Crippen molar-refractivity contribution in [1.29, 1.82) is 0 Å². The van der Waals surface area contributed by atoms with E-state index in [0.717, 1.165) is 57.1 Å². The van der Waals surface area contributed by atoms with Crippen LogP contribution in [0, 0.1) is 0 Å². The van der Waals surface area contributed by atoms with Gasteiger partial charge in [-0.25, -0.2) is 14.8 Å². The predicted molar refractivity (Wildman–Crippen MR) is 87.3 cm³/mol. The quantitative estimate of drug-likeness (QED) is 0.835. The maximum Gasteiger partial charge on any atom is 0.410 e. The first-order chi connectivity index (χ1) is 11.0. The SMILES string of the molecule is CCN1CC2(CCN(Cc3cnc(N(C)C)nc3)CC2)OC1=O. The van der Waals surface area contributed by atoms with Gasteiger partial charge in [-0.15, -0.1) is 0 Å². The molecule has 0 radical (unpaired) electrons. The molecule has 0 N–H and O–H groups in total. The molecule has 1 spiro atoms. The van der Waals surface area contributed by atoms with Gasteiger partial charge in [0.2, 0.25) is 5.95 Å². The highest BCUT2D eigenvalue weighted by molar-refractivity contribution is 5.70. The van der Waals surface area contributed by atoms with Crippen molar-refractivity contribution in [2.75, 3.05) is 45.2 Å². The van der Waals surface area contributed by atoms with Gasteiger partial charge in [-0.3, -0.25) is 4.90 Å². The number of piperidine rings is 1. The van der Waals surface area contributed by atoms with E-state index >= 15 is 0 Å². The van der Waals surface area contributed by atoms with Gasteiger partial charge in [-0.2, -0.15) is 0 Å². The van der Waals surface area contributed by atoms with Crippen molar-refractivity contribution in [1.82, 2.24) is 19.8 Å². The number of ether oxygens (including phenoxy) is 1. The van der Waals surface area contributed by atoms with Crippen molar-refractivity contribution >= 4 is 12.0 Å². The standard InChI is InChI=1S/C16H25N5O2/c1-4-21-12-16(23-15(21)22)5-7-20(8-6-16)11-13-9-17-14(18-10-13)19(2)3/h9-10H,4-8,11-12H2,1-3H3. The minimum absolute atomic E-state index is 0.159. The van der Waals surface area contributed by atoms with Crippen LogP contribution in [0.1, 0.15) is 25.3 Å². The number of hydrogen-bond donors (Lipinski definition) is 0. The van der Waals surface area contributed by atoms with Crippen LogP contribution in [0.25, 0.3) is 0 Å². The van der Waals surface area contributed by atoms with Gasteiger partial charge in [0.15, 0.2) is 0 Å². The lowest BCUT2D eigenvalue weighted by molar-refractivity contribution is -0.00126. The highest BCUT2D eigenvalue weighted by Crippen LogP contribution is 2.33. The maximum absolute atomic E-state index is 11.8. The van der Waals surface area contributed by atoms with E-state index in [1.54, 1.807) is 4.90 Å². The van der Waals surface area contributed by atoms with Gasteiger partial charge in [0.1, 0.15) is 5.60 Å². The van der Waals surface area contributed by atoms with Crippen molar-refractivity contribution in [3.63, 3.8) is 0 Å². The molecule has 1 amide bonds. The number of carbonyl (C=O) groups excluding carboxylic acids is 1. The van der Waals surface area contributed by atoms with Crippen LogP contribution < -0.4 is 4.90 Å². The Kier molecular flexibility index (Phi) is 4.39. The molecule has 126 valence electrons. The molecule has 3 rings (SSSR count). The summed E-state index contributed by atoms with van der Waals surface area (Å²) >= 11 is 0. The molecule has 3 heterocycles. The zero-order valence-electron chi connectivity index (χ0n) is 14.2. The van der Waals surface area contributed by atoms with Crippen molar-refractivity contribution < 1.29 is 9.53 Å². The van der Waals surface area contributed by atoms with Crippen LogP contribution in [0.2, 0.25) is 0 Å². The van der Waals surface area contributed by atoms with E-state index in [-0.39, 0.29) is 11.7 Å². The molecule has 2 aliphatic rings. The van der Waals surface area contributed by atoms with Crippen molar-refractivity contribution in [3.05, 3.63) is 18.0 Å². The number of likely N-dealkylation sites (tertiary alicyclic amines) is 1. The van der Waals surface area contributed by atoms with Gasteiger partial charge in [0, 0.05) is 71.1 Å². The molecule has 2 fully saturated rings. The molecular formula is C16H25N5O2. The van der Waals surface area contributed by atoms with Crippen molar-refractivity contribution in [2.24, 2.45) is 0 Å². The number of anilines is 1. The Bertz CT molecular complexity index is 552. The second-order valence-corrected chi connectivity index (χ2v) is 6.63. The average Bonchev–Trinajstić information content (AvgIpc) is 2.86. The first-order valence-electron chi connectivity index (χ1n) is 8.20. The molecule has 23 heavy (non-hydrogen) atoms. The molecule has 2 saturated heterocycles. The number of carbonyl (C=O) groups is 1. The lowest BCUT2D eigenvalue weighted by atomic mass is 9.91. The number of rotatable bonds is 4. The highest BCUT2D eigenvalue weighted by atomic mass is 16.6. The van der Waals surface area contributed by atoms with Crippen LogP contribution >= 0.6 is 0 Å². The summed E-state index contributed by atoms with van der Waals surface area (Å²) in [5.74, 6) is 0.726. The third kappa shape index (κ3) is 3.39. The summed E-state index contributed by atoms with van der Waals surface area (Å²) in [4.78, 5) is 26.6. The third-order valence-electron chi connectivity index (χ3n) is 4.69. The van der Waals surface area contributed by atoms with Crippen LogP contribution in [-0.2, 0) is 11.3 Å². The molecule has 0 aliphatic carbocycles. The Balaban J connectivity index is 1.54. The van der Waals surface area contributed by atoms with Crippen LogP contribution in [0.4, 0.5) is 10.7 Å². The van der Waals surface area contributed by atoms with E-state index in [0.29, 0.717) is 0 Å². The number of hydrogen-bond acceptors (Lipinski definition) is 6. The van der Waals surface area contributed by atoms with Gasteiger partial charge < -0.3 is 14.5 Å². The second kappa shape index (κ2) is 6.31. The van der Waals surface area contributed by atoms with E-state index in [1.165, 1.54) is 0 Å². The molecule has 0 bridgehead atoms. The van der Waals surface area contributed by atoms with Gasteiger partial charge >= 0.3 is 6.09 Å². The minimum atomic E-state index is -0.269. The summed E-state index contributed by atoms with van der Waals surface area (Å²) in [6.45, 7) is 6.15. The smallest absolute Gasteiger partial charge is 0.410 e. The first kappa shape index (κ1) is 16.0. The number of likely N-dealkylation sites (N-methyl/N-ethyl adjacent to an activating group) is 1. The summed E-state index contributed by atoms with van der Waals surface area (Å²) < 4.78 is 5.66. The Labute approximate surface area is 137 Å². The molecule has 7 heteroatoms. The fourth-order valence-electron chi connectivity index (χ4n) is 3.23. The number of aromatic nitrogens is 2. The Morgan fingerprint density at radius 1 is 1.26 bits per heavy atom. The van der Waals surface area contributed by atoms with Gasteiger partial charge in [0.25, 0.3) is 0 Å². The first-order valence-corrected chi connectivity index (χ1v) is 8.20. The topological polar surface area (TPSA) is 61.8 Å². The minimum Gasteiger partial charge on any atom is -0.441 e. The van der Waals surface area contributed by atoms with E-state index < -0.39 is 0 Å². The molecular weight excluding hydrogens is 294 g/mol. The summed E-state index contributed by atoms with van der Waals surface area (Å²) in [7, 11) is 3.86. The normalized spacial score (nSPS) is 20.8. The van der Waals surface area contributed by atoms with Crippen molar-refractivity contribution in [3.8, 4) is 0 Å². The molecule has 1 aromatic heterocycles. The van der Waals surface area contributed by atoms with Crippen molar-refractivity contribution in [2.45, 2.75) is 31.9 Å². The Morgan fingerprint density at radius 3 is 2.43 bits per heavy atom. The summed E-state index contributed by atoms with van der Waals surface area (Å²) in [5, 5.41) is 0. The maximum atomic E-state index is 11.8. The fourth-order valence-corrected chi connectivity index (χ4v) is 3.23. The van der Waals surface area contributed by atoms with Gasteiger partial charge in [-0.05, 0) is 6.92 Å². The Morgan fingerprint density at radius 2 is 1.91 bits per heavy atom. The summed E-state index contributed by atoms with van der Waals surface area (Å²) in [5.41, 5.74) is 0.847. The zero-order chi connectivity index (χ0) is 16.4. The second-order valence-electron chi connectivity index (χ2n) is 6.63. The predicted octanol–water partition coefficient (Wildman–Crippen LogP) is 1.35. The fraction of sp³-hybridized carbons (Fsp3) is 0.688. The monoisotopic (exact) mass is 319 g/mol. The van der Waals surface area contributed by atoms with E-state index in [2.05, 4.69) is 14.9 Å². The van der Waals surface area contributed by atoms with E-state index in [1.807, 2.05) is 38.3 Å².